The smallest absolute Gasteiger partial charge is 0.0991 e. The van der Waals surface area contributed by atoms with Crippen LogP contribution in [0.1, 0.15) is 36.8 Å². The SMILES string of the molecule is C#CCC(CC)c1ccc(C#N)cc1. The molecule has 0 fully saturated rings. The zero-order valence-electron chi connectivity index (χ0n) is 8.33. The average molecular weight is 183 g/mol. The highest BCUT2D eigenvalue weighted by Gasteiger charge is 2.06. The summed E-state index contributed by atoms with van der Waals surface area (Å²) in [6, 6.07) is 9.77. The molecule has 0 aromatic heterocycles. The van der Waals surface area contributed by atoms with Crippen LogP contribution in [-0.2, 0) is 0 Å². The highest BCUT2D eigenvalue weighted by atomic mass is 14.2. The number of benzene rings is 1. The summed E-state index contributed by atoms with van der Waals surface area (Å²) in [6.07, 6.45) is 7.10. The minimum absolute atomic E-state index is 0.424. The molecule has 0 radical (unpaired) electrons. The molecule has 1 aromatic carbocycles. The molecule has 0 saturated carbocycles. The Morgan fingerprint density at radius 3 is 2.43 bits per heavy atom. The minimum atomic E-state index is 0.424. The van der Waals surface area contributed by atoms with Crippen molar-refractivity contribution in [2.24, 2.45) is 0 Å². The van der Waals surface area contributed by atoms with Crippen molar-refractivity contribution in [3.05, 3.63) is 35.4 Å². The summed E-state index contributed by atoms with van der Waals surface area (Å²) in [6.45, 7) is 2.13. The second-order valence-corrected chi connectivity index (χ2v) is 3.25. The van der Waals surface area contributed by atoms with Gasteiger partial charge in [0, 0.05) is 6.42 Å². The van der Waals surface area contributed by atoms with E-state index in [4.69, 9.17) is 11.7 Å². The zero-order valence-corrected chi connectivity index (χ0v) is 8.33. The van der Waals surface area contributed by atoms with E-state index in [9.17, 15) is 0 Å². The molecule has 0 aliphatic heterocycles. The van der Waals surface area contributed by atoms with Crippen molar-refractivity contribution in [3.63, 3.8) is 0 Å². The van der Waals surface area contributed by atoms with Crippen LogP contribution in [0.5, 0.6) is 0 Å². The van der Waals surface area contributed by atoms with Gasteiger partial charge in [-0.25, -0.2) is 0 Å². The van der Waals surface area contributed by atoms with Crippen LogP contribution in [-0.4, -0.2) is 0 Å². The van der Waals surface area contributed by atoms with E-state index in [2.05, 4.69) is 18.9 Å². The molecule has 1 unspecified atom stereocenters. The summed E-state index contributed by atoms with van der Waals surface area (Å²) in [4.78, 5) is 0. The van der Waals surface area contributed by atoms with Crippen molar-refractivity contribution < 1.29 is 0 Å². The lowest BCUT2D eigenvalue weighted by atomic mass is 9.93. The summed E-state index contributed by atoms with van der Waals surface area (Å²) in [5, 5.41) is 8.65. The third-order valence-corrected chi connectivity index (χ3v) is 2.37. The van der Waals surface area contributed by atoms with Gasteiger partial charge in [0.2, 0.25) is 0 Å². The van der Waals surface area contributed by atoms with Crippen molar-refractivity contribution in [3.8, 4) is 18.4 Å². The van der Waals surface area contributed by atoms with Crippen molar-refractivity contribution >= 4 is 0 Å². The Hall–Kier alpha value is -1.73. The highest BCUT2D eigenvalue weighted by molar-refractivity contribution is 5.33. The highest BCUT2D eigenvalue weighted by Crippen LogP contribution is 2.22. The third kappa shape index (κ3) is 2.38. The molecule has 14 heavy (non-hydrogen) atoms. The van der Waals surface area contributed by atoms with Gasteiger partial charge in [-0.05, 0) is 30.0 Å². The molecule has 0 heterocycles. The fourth-order valence-corrected chi connectivity index (χ4v) is 1.47. The lowest BCUT2D eigenvalue weighted by molar-refractivity contribution is 0.685. The van der Waals surface area contributed by atoms with Gasteiger partial charge in [0.05, 0.1) is 11.6 Å². The van der Waals surface area contributed by atoms with E-state index in [0.29, 0.717) is 11.5 Å². The maximum atomic E-state index is 8.65. The summed E-state index contributed by atoms with van der Waals surface area (Å²) in [5.74, 6) is 3.10. The molecule has 0 N–H and O–H groups in total. The number of nitriles is 1. The molecule has 0 aliphatic rings. The molecule has 1 rings (SSSR count). The number of nitrogens with zero attached hydrogens (tertiary/aromatic N) is 1. The quantitative estimate of drug-likeness (QED) is 0.661. The number of rotatable bonds is 3. The maximum absolute atomic E-state index is 8.65. The van der Waals surface area contributed by atoms with Gasteiger partial charge in [-0.2, -0.15) is 5.26 Å². The van der Waals surface area contributed by atoms with Crippen molar-refractivity contribution in [2.45, 2.75) is 25.7 Å². The molecule has 1 nitrogen and oxygen atoms in total. The van der Waals surface area contributed by atoms with Gasteiger partial charge in [-0.15, -0.1) is 12.3 Å². The van der Waals surface area contributed by atoms with Gasteiger partial charge < -0.3 is 0 Å². The molecule has 0 aliphatic carbocycles. The van der Waals surface area contributed by atoms with E-state index in [1.54, 1.807) is 0 Å². The largest absolute Gasteiger partial charge is 0.192 e. The summed E-state index contributed by atoms with van der Waals surface area (Å²) in [7, 11) is 0. The first kappa shape index (κ1) is 10.4. The first-order valence-electron chi connectivity index (χ1n) is 4.75. The third-order valence-electron chi connectivity index (χ3n) is 2.37. The van der Waals surface area contributed by atoms with Crippen LogP contribution in [0.3, 0.4) is 0 Å². The molecular formula is C13H13N. The monoisotopic (exact) mass is 183 g/mol. The normalized spacial score (nSPS) is 11.4. The predicted molar refractivity (Wildman–Crippen MR) is 57.6 cm³/mol. The molecule has 1 atom stereocenters. The Kier molecular flexibility index (Phi) is 3.77. The first-order valence-corrected chi connectivity index (χ1v) is 4.75. The lowest BCUT2D eigenvalue weighted by Gasteiger charge is -2.11. The molecule has 0 bridgehead atoms. The summed E-state index contributed by atoms with van der Waals surface area (Å²) in [5.41, 5.74) is 1.92. The topological polar surface area (TPSA) is 23.8 Å². The molecule has 0 amide bonds. The lowest BCUT2D eigenvalue weighted by Crippen LogP contribution is -1.95. The number of hydrogen-bond donors (Lipinski definition) is 0. The van der Waals surface area contributed by atoms with E-state index < -0.39 is 0 Å². The van der Waals surface area contributed by atoms with Crippen molar-refractivity contribution in [1.82, 2.24) is 0 Å². The van der Waals surface area contributed by atoms with Gasteiger partial charge in [-0.3, -0.25) is 0 Å². The molecule has 70 valence electrons. The maximum Gasteiger partial charge on any atom is 0.0991 e. The molecular weight excluding hydrogens is 170 g/mol. The average Bonchev–Trinajstić information content (AvgIpc) is 2.26. The predicted octanol–water partition coefficient (Wildman–Crippen LogP) is 3.08. The Morgan fingerprint density at radius 2 is 2.00 bits per heavy atom. The van der Waals surface area contributed by atoms with E-state index in [-0.39, 0.29) is 0 Å². The summed E-state index contributed by atoms with van der Waals surface area (Å²) < 4.78 is 0. The Morgan fingerprint density at radius 1 is 1.36 bits per heavy atom. The molecule has 0 spiro atoms. The second kappa shape index (κ2) is 5.10. The standard InChI is InChI=1S/C13H13N/c1-3-5-12(4-2)13-8-6-11(10-14)7-9-13/h1,6-9,12H,4-5H2,2H3. The van der Waals surface area contributed by atoms with Gasteiger partial charge in [0.25, 0.3) is 0 Å². The van der Waals surface area contributed by atoms with Crippen LogP contribution in [0.15, 0.2) is 24.3 Å². The zero-order chi connectivity index (χ0) is 10.4. The fraction of sp³-hybridized carbons (Fsp3) is 0.308. The van der Waals surface area contributed by atoms with E-state index in [0.717, 1.165) is 12.8 Å². The van der Waals surface area contributed by atoms with E-state index in [1.807, 2.05) is 24.3 Å². The molecule has 0 saturated heterocycles. The minimum Gasteiger partial charge on any atom is -0.192 e. The van der Waals surface area contributed by atoms with Gasteiger partial charge in [-0.1, -0.05) is 19.1 Å². The van der Waals surface area contributed by atoms with Crippen molar-refractivity contribution in [1.29, 1.82) is 5.26 Å². The Balaban J connectivity index is 2.86. The molecule has 1 aromatic rings. The van der Waals surface area contributed by atoms with Crippen LogP contribution in [0.4, 0.5) is 0 Å². The van der Waals surface area contributed by atoms with Gasteiger partial charge in [0.15, 0.2) is 0 Å². The first-order chi connectivity index (χ1) is 6.81. The second-order valence-electron chi connectivity index (χ2n) is 3.25. The Labute approximate surface area is 85.4 Å². The van der Waals surface area contributed by atoms with E-state index in [1.165, 1.54) is 5.56 Å². The number of terminal acetylenes is 1. The van der Waals surface area contributed by atoms with Gasteiger partial charge >= 0.3 is 0 Å². The van der Waals surface area contributed by atoms with Crippen LogP contribution in [0, 0.1) is 23.7 Å². The number of hydrogen-bond acceptors (Lipinski definition) is 1. The van der Waals surface area contributed by atoms with Crippen molar-refractivity contribution in [2.75, 3.05) is 0 Å². The van der Waals surface area contributed by atoms with Crippen LogP contribution in [0.25, 0.3) is 0 Å². The van der Waals surface area contributed by atoms with Crippen LogP contribution >= 0.6 is 0 Å². The Bertz CT molecular complexity index is 362. The fourth-order valence-electron chi connectivity index (χ4n) is 1.47. The van der Waals surface area contributed by atoms with Crippen LogP contribution < -0.4 is 0 Å². The van der Waals surface area contributed by atoms with Crippen LogP contribution in [0.2, 0.25) is 0 Å². The van der Waals surface area contributed by atoms with Gasteiger partial charge in [0.1, 0.15) is 0 Å². The summed E-state index contributed by atoms with van der Waals surface area (Å²) >= 11 is 0. The van der Waals surface area contributed by atoms with E-state index >= 15 is 0 Å². The molecule has 1 heteroatoms.